The molecule has 0 unspecified atom stereocenters. The van der Waals surface area contributed by atoms with E-state index in [1.165, 1.54) is 6.21 Å². The minimum absolute atomic E-state index is 0.0180. The maximum absolute atomic E-state index is 12.5. The van der Waals surface area contributed by atoms with Crippen molar-refractivity contribution in [3.63, 3.8) is 0 Å². The number of nitrogens with one attached hydrogen (secondary N) is 2. The van der Waals surface area contributed by atoms with Crippen LogP contribution in [0.4, 0.5) is 4.79 Å². The Labute approximate surface area is 182 Å². The van der Waals surface area contributed by atoms with E-state index in [9.17, 15) is 9.59 Å². The Morgan fingerprint density at radius 2 is 1.77 bits per heavy atom. The molecule has 0 saturated heterocycles. The summed E-state index contributed by atoms with van der Waals surface area (Å²) < 4.78 is 15.8. The van der Waals surface area contributed by atoms with Gasteiger partial charge in [0.15, 0.2) is 0 Å². The van der Waals surface area contributed by atoms with Crippen LogP contribution in [0.15, 0.2) is 53.6 Å². The fraction of sp³-hybridized carbons (Fsp3) is 0.348. The first-order valence-corrected chi connectivity index (χ1v) is 9.80. The van der Waals surface area contributed by atoms with Crippen LogP contribution in [0.3, 0.4) is 0 Å². The molecule has 0 fully saturated rings. The number of alkyl carbamates (subject to hydrolysis) is 1. The highest BCUT2D eigenvalue weighted by atomic mass is 16.6. The molecule has 0 spiro atoms. The van der Waals surface area contributed by atoms with Crippen LogP contribution in [0.5, 0.6) is 11.5 Å². The summed E-state index contributed by atoms with van der Waals surface area (Å²) in [4.78, 5) is 24.7. The predicted molar refractivity (Wildman–Crippen MR) is 118 cm³/mol. The number of rotatable bonds is 8. The Bertz CT molecular complexity index is 907. The lowest BCUT2D eigenvalue weighted by Crippen LogP contribution is -2.36. The minimum Gasteiger partial charge on any atom is -0.497 e. The average molecular weight is 428 g/mol. The molecular weight excluding hydrogens is 398 g/mol. The normalized spacial score (nSPS) is 12.2. The summed E-state index contributed by atoms with van der Waals surface area (Å²) >= 11 is 0. The second-order valence-electron chi connectivity index (χ2n) is 7.71. The molecule has 2 N–H and O–H groups in total. The lowest BCUT2D eigenvalue weighted by atomic mass is 10.0. The maximum Gasteiger partial charge on any atom is 0.408 e. The molecule has 0 heterocycles. The molecule has 0 aliphatic heterocycles. The standard InChI is InChI=1S/C23H29N3O5/c1-23(2,3)31-22(28)25-19(16-9-7-6-8-10-16)14-21(27)26-24-15-17-13-18(29-4)11-12-20(17)30-5/h6-13,15,19H,14H2,1-5H3,(H,25,28)(H,26,27)/b24-15+/t19-/m0/s1. The molecule has 1 atom stereocenters. The summed E-state index contributed by atoms with van der Waals surface area (Å²) in [5.41, 5.74) is 3.26. The number of hydrazone groups is 1. The van der Waals surface area contributed by atoms with Crippen molar-refractivity contribution in [3.05, 3.63) is 59.7 Å². The Hall–Kier alpha value is -3.55. The van der Waals surface area contributed by atoms with Gasteiger partial charge in [-0.05, 0) is 44.5 Å². The quantitative estimate of drug-likeness (QED) is 0.493. The summed E-state index contributed by atoms with van der Waals surface area (Å²) in [6.07, 6.45) is 0.854. The van der Waals surface area contributed by atoms with Crippen molar-refractivity contribution in [2.45, 2.75) is 38.8 Å². The zero-order valence-electron chi connectivity index (χ0n) is 18.5. The van der Waals surface area contributed by atoms with Crippen LogP contribution in [0.2, 0.25) is 0 Å². The average Bonchev–Trinajstić information content (AvgIpc) is 2.72. The highest BCUT2D eigenvalue weighted by Crippen LogP contribution is 2.22. The summed E-state index contributed by atoms with van der Waals surface area (Å²) in [7, 11) is 3.11. The monoisotopic (exact) mass is 427 g/mol. The molecule has 0 radical (unpaired) electrons. The number of carbonyl (C=O) groups excluding carboxylic acids is 2. The number of amides is 2. The first kappa shape index (κ1) is 23.7. The smallest absolute Gasteiger partial charge is 0.408 e. The second-order valence-corrected chi connectivity index (χ2v) is 7.71. The zero-order chi connectivity index (χ0) is 22.9. The molecule has 166 valence electrons. The van der Waals surface area contributed by atoms with Crippen LogP contribution in [0.25, 0.3) is 0 Å². The molecule has 0 saturated carbocycles. The lowest BCUT2D eigenvalue weighted by molar-refractivity contribution is -0.121. The van der Waals surface area contributed by atoms with Gasteiger partial charge in [-0.3, -0.25) is 4.79 Å². The van der Waals surface area contributed by atoms with E-state index in [-0.39, 0.29) is 12.3 Å². The van der Waals surface area contributed by atoms with Crippen LogP contribution < -0.4 is 20.2 Å². The molecule has 0 bridgehead atoms. The molecule has 2 amide bonds. The van der Waals surface area contributed by atoms with Gasteiger partial charge in [0.05, 0.1) is 32.9 Å². The van der Waals surface area contributed by atoms with E-state index >= 15 is 0 Å². The lowest BCUT2D eigenvalue weighted by Gasteiger charge is -2.23. The molecule has 2 aromatic carbocycles. The van der Waals surface area contributed by atoms with E-state index in [0.29, 0.717) is 17.1 Å². The highest BCUT2D eigenvalue weighted by molar-refractivity contribution is 5.86. The predicted octanol–water partition coefficient (Wildman–Crippen LogP) is 3.81. The number of carbonyl (C=O) groups is 2. The van der Waals surface area contributed by atoms with Gasteiger partial charge in [-0.1, -0.05) is 30.3 Å². The Morgan fingerprint density at radius 3 is 2.39 bits per heavy atom. The van der Waals surface area contributed by atoms with E-state index in [1.807, 2.05) is 30.3 Å². The number of methoxy groups -OCH3 is 2. The summed E-state index contributed by atoms with van der Waals surface area (Å²) in [6, 6.07) is 13.9. The fourth-order valence-electron chi connectivity index (χ4n) is 2.73. The molecule has 0 aliphatic rings. The van der Waals surface area contributed by atoms with E-state index in [1.54, 1.807) is 53.2 Å². The number of hydrogen-bond acceptors (Lipinski definition) is 6. The van der Waals surface area contributed by atoms with E-state index < -0.39 is 17.7 Å². The number of hydrogen-bond donors (Lipinski definition) is 2. The van der Waals surface area contributed by atoms with Crippen molar-refractivity contribution >= 4 is 18.2 Å². The van der Waals surface area contributed by atoms with E-state index in [2.05, 4.69) is 15.8 Å². The number of ether oxygens (including phenoxy) is 3. The molecule has 0 aliphatic carbocycles. The topological polar surface area (TPSA) is 98.3 Å². The summed E-state index contributed by atoms with van der Waals surface area (Å²) in [6.45, 7) is 5.33. The van der Waals surface area contributed by atoms with Gasteiger partial charge in [0.2, 0.25) is 5.91 Å². The van der Waals surface area contributed by atoms with Gasteiger partial charge in [0.25, 0.3) is 0 Å². The first-order chi connectivity index (χ1) is 14.7. The fourth-order valence-corrected chi connectivity index (χ4v) is 2.73. The van der Waals surface area contributed by atoms with Crippen molar-refractivity contribution < 1.29 is 23.8 Å². The van der Waals surface area contributed by atoms with Crippen LogP contribution >= 0.6 is 0 Å². The Kier molecular flexibility index (Phi) is 8.43. The van der Waals surface area contributed by atoms with E-state index in [0.717, 1.165) is 5.56 Å². The van der Waals surface area contributed by atoms with Crippen LogP contribution in [0, 0.1) is 0 Å². The third kappa shape index (κ3) is 8.00. The molecule has 2 rings (SSSR count). The third-order valence-corrected chi connectivity index (χ3v) is 4.11. The largest absolute Gasteiger partial charge is 0.497 e. The minimum atomic E-state index is -0.645. The maximum atomic E-state index is 12.5. The van der Waals surface area contributed by atoms with Crippen molar-refractivity contribution in [3.8, 4) is 11.5 Å². The van der Waals surface area contributed by atoms with Crippen molar-refractivity contribution in [2.24, 2.45) is 5.10 Å². The molecule has 31 heavy (non-hydrogen) atoms. The number of benzene rings is 2. The first-order valence-electron chi connectivity index (χ1n) is 9.80. The van der Waals surface area contributed by atoms with Gasteiger partial charge in [-0.15, -0.1) is 0 Å². The van der Waals surface area contributed by atoms with Crippen molar-refractivity contribution in [2.75, 3.05) is 14.2 Å². The van der Waals surface area contributed by atoms with Gasteiger partial charge in [-0.2, -0.15) is 5.10 Å². The third-order valence-electron chi connectivity index (χ3n) is 4.11. The van der Waals surface area contributed by atoms with Crippen molar-refractivity contribution in [1.82, 2.24) is 10.7 Å². The molecule has 0 aromatic heterocycles. The summed E-state index contributed by atoms with van der Waals surface area (Å²) in [5, 5.41) is 6.76. The second kappa shape index (κ2) is 11.0. The zero-order valence-corrected chi connectivity index (χ0v) is 18.5. The van der Waals surface area contributed by atoms with Gasteiger partial charge in [-0.25, -0.2) is 10.2 Å². The molecule has 2 aromatic rings. The van der Waals surface area contributed by atoms with Gasteiger partial charge in [0, 0.05) is 5.56 Å². The van der Waals surface area contributed by atoms with Gasteiger partial charge in [0.1, 0.15) is 17.1 Å². The van der Waals surface area contributed by atoms with Crippen LogP contribution in [0.1, 0.15) is 44.4 Å². The van der Waals surface area contributed by atoms with Crippen molar-refractivity contribution in [1.29, 1.82) is 0 Å². The SMILES string of the molecule is COc1ccc(OC)c(/C=N/NC(=O)C[C@H](NC(=O)OC(C)(C)C)c2ccccc2)c1. The summed E-state index contributed by atoms with van der Waals surface area (Å²) in [5.74, 6) is 0.856. The van der Waals surface area contributed by atoms with E-state index in [4.69, 9.17) is 14.2 Å². The van der Waals surface area contributed by atoms with Gasteiger partial charge >= 0.3 is 6.09 Å². The Morgan fingerprint density at radius 1 is 1.06 bits per heavy atom. The van der Waals surface area contributed by atoms with Gasteiger partial charge < -0.3 is 19.5 Å². The molecular formula is C23H29N3O5. The number of nitrogens with zero attached hydrogens (tertiary/aromatic N) is 1. The van der Waals surface area contributed by atoms with Crippen LogP contribution in [-0.4, -0.2) is 38.0 Å². The Balaban J connectivity index is 2.06. The highest BCUT2D eigenvalue weighted by Gasteiger charge is 2.22. The molecule has 8 nitrogen and oxygen atoms in total. The molecule has 8 heteroatoms. The van der Waals surface area contributed by atoms with Crippen LogP contribution in [-0.2, 0) is 9.53 Å².